The second-order valence-corrected chi connectivity index (χ2v) is 8.63. The predicted octanol–water partition coefficient (Wildman–Crippen LogP) is 7.12. The van der Waals surface area contributed by atoms with Gasteiger partial charge in [-0.3, -0.25) is 0 Å². The van der Waals surface area contributed by atoms with Crippen LogP contribution >= 0.6 is 0 Å². The molecular weight excluding hydrogens is 390 g/mol. The largest absolute Gasteiger partial charge is 0.508 e. The van der Waals surface area contributed by atoms with Gasteiger partial charge in [-0.25, -0.2) is 0 Å². The van der Waals surface area contributed by atoms with Gasteiger partial charge in [-0.1, -0.05) is 72.8 Å². The molecule has 4 aromatic carbocycles. The summed E-state index contributed by atoms with van der Waals surface area (Å²) in [4.78, 5) is 2.41. The van der Waals surface area contributed by atoms with Crippen molar-refractivity contribution in [1.82, 2.24) is 0 Å². The molecule has 0 aliphatic rings. The average Bonchev–Trinajstić information content (AvgIpc) is 2.79. The smallest absolute Gasteiger partial charge is 0.119 e. The van der Waals surface area contributed by atoms with E-state index in [1.165, 1.54) is 33.4 Å². The Bertz CT molecular complexity index is 1160. The first-order valence-electron chi connectivity index (χ1n) is 11.2. The van der Waals surface area contributed by atoms with Gasteiger partial charge in [0.1, 0.15) is 5.75 Å². The molecular formula is C30H31NO. The summed E-state index contributed by atoms with van der Waals surface area (Å²) in [5.74, 6) is 0.351. The van der Waals surface area contributed by atoms with E-state index in [0.29, 0.717) is 5.75 Å². The lowest BCUT2D eigenvalue weighted by Gasteiger charge is -2.27. The molecule has 0 aliphatic heterocycles. The summed E-state index contributed by atoms with van der Waals surface area (Å²) in [6, 6.07) is 31.5. The Hall–Kier alpha value is -3.52. The normalized spacial score (nSPS) is 10.8. The maximum absolute atomic E-state index is 10.6. The number of nitrogens with zero attached hydrogens (tertiary/aromatic N) is 1. The van der Waals surface area contributed by atoms with Crippen LogP contribution in [0.15, 0.2) is 91.0 Å². The van der Waals surface area contributed by atoms with Gasteiger partial charge >= 0.3 is 0 Å². The minimum absolute atomic E-state index is 0.351. The molecule has 0 heterocycles. The quantitative estimate of drug-likeness (QED) is 0.343. The molecule has 2 heteroatoms. The van der Waals surface area contributed by atoms with E-state index in [9.17, 15) is 5.11 Å². The van der Waals surface area contributed by atoms with Gasteiger partial charge in [0.25, 0.3) is 0 Å². The second-order valence-electron chi connectivity index (χ2n) is 8.63. The van der Waals surface area contributed by atoms with Crippen molar-refractivity contribution in [3.05, 3.63) is 130 Å². The number of phenols is 1. The topological polar surface area (TPSA) is 23.5 Å². The van der Waals surface area contributed by atoms with Crippen molar-refractivity contribution >= 4 is 5.69 Å². The number of rotatable bonds is 7. The third-order valence-corrected chi connectivity index (χ3v) is 6.32. The fraction of sp³-hybridized carbons (Fsp3) is 0.200. The first-order chi connectivity index (χ1) is 15.5. The van der Waals surface area contributed by atoms with Crippen molar-refractivity contribution in [1.29, 1.82) is 0 Å². The molecule has 162 valence electrons. The van der Waals surface area contributed by atoms with Crippen LogP contribution < -0.4 is 4.90 Å². The number of hydrogen-bond donors (Lipinski definition) is 1. The molecule has 1 N–H and O–H groups in total. The van der Waals surface area contributed by atoms with E-state index >= 15 is 0 Å². The number of aromatic hydroxyl groups is 1. The van der Waals surface area contributed by atoms with Crippen LogP contribution in [0.25, 0.3) is 0 Å². The van der Waals surface area contributed by atoms with Crippen LogP contribution in [-0.2, 0) is 19.5 Å². The van der Waals surface area contributed by atoms with E-state index in [4.69, 9.17) is 0 Å². The average molecular weight is 422 g/mol. The Kier molecular flexibility index (Phi) is 6.61. The zero-order chi connectivity index (χ0) is 22.5. The van der Waals surface area contributed by atoms with Gasteiger partial charge in [0.2, 0.25) is 0 Å². The Morgan fingerprint density at radius 2 is 1.03 bits per heavy atom. The van der Waals surface area contributed by atoms with Crippen molar-refractivity contribution in [3.8, 4) is 5.75 Å². The molecule has 4 aromatic rings. The molecule has 0 atom stereocenters. The van der Waals surface area contributed by atoms with E-state index in [1.807, 2.05) is 12.1 Å². The van der Waals surface area contributed by atoms with Gasteiger partial charge in [0, 0.05) is 30.8 Å². The number of benzene rings is 4. The zero-order valence-corrected chi connectivity index (χ0v) is 19.2. The molecule has 2 nitrogen and oxygen atoms in total. The Morgan fingerprint density at radius 1 is 0.562 bits per heavy atom. The summed E-state index contributed by atoms with van der Waals surface area (Å²) in [5.41, 5.74) is 9.78. The highest BCUT2D eigenvalue weighted by Gasteiger charge is 2.14. The van der Waals surface area contributed by atoms with Crippen LogP contribution in [0.2, 0.25) is 0 Å². The fourth-order valence-electron chi connectivity index (χ4n) is 4.15. The molecule has 0 radical (unpaired) electrons. The third kappa shape index (κ3) is 5.03. The first kappa shape index (κ1) is 21.7. The number of anilines is 1. The minimum Gasteiger partial charge on any atom is -0.508 e. The number of hydrogen-bond acceptors (Lipinski definition) is 2. The first-order valence-corrected chi connectivity index (χ1v) is 11.2. The summed E-state index contributed by atoms with van der Waals surface area (Å²) >= 11 is 0. The van der Waals surface area contributed by atoms with Crippen molar-refractivity contribution in [3.63, 3.8) is 0 Å². The Balaban J connectivity index is 1.71. The van der Waals surface area contributed by atoms with Crippen LogP contribution in [0.4, 0.5) is 5.69 Å². The van der Waals surface area contributed by atoms with Crippen LogP contribution in [0.5, 0.6) is 5.75 Å². The fourth-order valence-corrected chi connectivity index (χ4v) is 4.15. The standard InChI is InChI=1S/C30H31NO/c1-22-10-4-7-13-25(22)18-28-19-29(16-17-30(28)32)31(20-26-14-8-5-11-23(26)2)21-27-15-9-6-12-24(27)3/h4-17,19,32H,18,20-21H2,1-3H3. The molecule has 0 fully saturated rings. The highest BCUT2D eigenvalue weighted by atomic mass is 16.3. The van der Waals surface area contributed by atoms with E-state index in [1.54, 1.807) is 0 Å². The van der Waals surface area contributed by atoms with Gasteiger partial charge in [0.15, 0.2) is 0 Å². The SMILES string of the molecule is Cc1ccccc1Cc1cc(N(Cc2ccccc2C)Cc2ccccc2C)ccc1O. The maximum atomic E-state index is 10.6. The van der Waals surface area contributed by atoms with Crippen LogP contribution in [0.3, 0.4) is 0 Å². The van der Waals surface area contributed by atoms with E-state index < -0.39 is 0 Å². The molecule has 0 aromatic heterocycles. The van der Waals surface area contributed by atoms with Gasteiger partial charge in [-0.2, -0.15) is 0 Å². The molecule has 0 aliphatic carbocycles. The predicted molar refractivity (Wildman–Crippen MR) is 134 cm³/mol. The lowest BCUT2D eigenvalue weighted by atomic mass is 9.99. The monoisotopic (exact) mass is 421 g/mol. The maximum Gasteiger partial charge on any atom is 0.119 e. The minimum atomic E-state index is 0.351. The highest BCUT2D eigenvalue weighted by Crippen LogP contribution is 2.30. The summed E-state index contributed by atoms with van der Waals surface area (Å²) in [7, 11) is 0. The van der Waals surface area contributed by atoms with Crippen LogP contribution in [0, 0.1) is 20.8 Å². The second kappa shape index (κ2) is 9.74. The van der Waals surface area contributed by atoms with Crippen molar-refractivity contribution in [2.45, 2.75) is 40.3 Å². The highest BCUT2D eigenvalue weighted by molar-refractivity contribution is 5.55. The zero-order valence-electron chi connectivity index (χ0n) is 19.2. The van der Waals surface area contributed by atoms with Gasteiger partial charge in [-0.05, 0) is 72.4 Å². The summed E-state index contributed by atoms with van der Waals surface area (Å²) < 4.78 is 0. The third-order valence-electron chi connectivity index (χ3n) is 6.32. The molecule has 0 amide bonds. The van der Waals surface area contributed by atoms with Gasteiger partial charge in [0.05, 0.1) is 0 Å². The van der Waals surface area contributed by atoms with E-state index in [0.717, 1.165) is 30.8 Å². The van der Waals surface area contributed by atoms with Crippen molar-refractivity contribution in [2.75, 3.05) is 4.90 Å². The van der Waals surface area contributed by atoms with Crippen molar-refractivity contribution < 1.29 is 5.11 Å². The number of aryl methyl sites for hydroxylation is 3. The summed E-state index contributed by atoms with van der Waals surface area (Å²) in [5, 5.41) is 10.6. The van der Waals surface area contributed by atoms with Crippen LogP contribution in [-0.4, -0.2) is 5.11 Å². The van der Waals surface area contributed by atoms with Crippen molar-refractivity contribution in [2.24, 2.45) is 0 Å². The Labute approximate surface area is 191 Å². The van der Waals surface area contributed by atoms with Crippen LogP contribution in [0.1, 0.15) is 38.9 Å². The molecule has 0 unspecified atom stereocenters. The molecule has 0 saturated carbocycles. The van der Waals surface area contributed by atoms with E-state index in [2.05, 4.69) is 105 Å². The summed E-state index contributed by atoms with van der Waals surface area (Å²) in [6.07, 6.45) is 0.717. The van der Waals surface area contributed by atoms with Gasteiger partial charge in [-0.15, -0.1) is 0 Å². The lowest BCUT2D eigenvalue weighted by molar-refractivity contribution is 0.469. The molecule has 0 spiro atoms. The van der Waals surface area contributed by atoms with E-state index in [-0.39, 0.29) is 0 Å². The summed E-state index contributed by atoms with van der Waals surface area (Å²) in [6.45, 7) is 8.09. The molecule has 4 rings (SSSR count). The molecule has 0 saturated heterocycles. The molecule has 0 bridgehead atoms. The van der Waals surface area contributed by atoms with Gasteiger partial charge < -0.3 is 10.0 Å². The Morgan fingerprint density at radius 3 is 1.53 bits per heavy atom. The lowest BCUT2D eigenvalue weighted by Crippen LogP contribution is -2.23. The molecule has 32 heavy (non-hydrogen) atoms. The number of phenolic OH excluding ortho intramolecular Hbond substituents is 1.